The summed E-state index contributed by atoms with van der Waals surface area (Å²) in [6.45, 7) is 5.10. The van der Waals surface area contributed by atoms with Gasteiger partial charge in [-0.25, -0.2) is 0 Å². The lowest BCUT2D eigenvalue weighted by Gasteiger charge is -2.63. The zero-order valence-corrected chi connectivity index (χ0v) is 15.0. The van der Waals surface area contributed by atoms with Crippen LogP contribution in [-0.4, -0.2) is 0 Å². The van der Waals surface area contributed by atoms with Gasteiger partial charge in [-0.05, 0) is 89.4 Å². The lowest BCUT2D eigenvalue weighted by atomic mass is 9.41. The van der Waals surface area contributed by atoms with E-state index in [1.807, 2.05) is 5.57 Å². The van der Waals surface area contributed by atoms with E-state index < -0.39 is 0 Å². The van der Waals surface area contributed by atoms with Gasteiger partial charge >= 0.3 is 0 Å². The third-order valence-electron chi connectivity index (χ3n) is 8.63. The summed E-state index contributed by atoms with van der Waals surface area (Å²) >= 11 is 0. The summed E-state index contributed by atoms with van der Waals surface area (Å²) in [5.74, 6) is 5.40. The highest BCUT2D eigenvalue weighted by atomic mass is 14.6. The molecule has 0 spiro atoms. The van der Waals surface area contributed by atoms with Crippen LogP contribution in [-0.2, 0) is 0 Å². The van der Waals surface area contributed by atoms with E-state index in [4.69, 9.17) is 0 Å². The largest absolute Gasteiger partial charge is 0.0731 e. The Kier molecular flexibility index (Phi) is 2.58. The topological polar surface area (TPSA) is 0 Å². The lowest BCUT2D eigenvalue weighted by molar-refractivity contribution is -0.0780. The highest BCUT2D eigenvalue weighted by Gasteiger charge is 2.61. The molecule has 0 heteroatoms. The Hall–Kier alpha value is -1.30. The van der Waals surface area contributed by atoms with E-state index in [0.29, 0.717) is 17.3 Å². The van der Waals surface area contributed by atoms with Gasteiger partial charge in [-0.15, -0.1) is 0 Å². The Bertz CT molecular complexity index is 734. The minimum atomic E-state index is 0.505. The first-order valence-electron chi connectivity index (χ1n) is 10.2. The third-order valence-corrected chi connectivity index (χ3v) is 8.63. The number of hydrogen-bond acceptors (Lipinski definition) is 0. The van der Waals surface area contributed by atoms with Crippen LogP contribution in [0.1, 0.15) is 57.4 Å². The van der Waals surface area contributed by atoms with Crippen molar-refractivity contribution >= 4 is 0 Å². The molecule has 4 fully saturated rings. The summed E-state index contributed by atoms with van der Waals surface area (Å²) in [6, 6.07) is 11.3. The van der Waals surface area contributed by atoms with Gasteiger partial charge in [0, 0.05) is 5.92 Å². The van der Waals surface area contributed by atoms with Crippen molar-refractivity contribution in [2.24, 2.45) is 35.0 Å². The second-order valence-corrected chi connectivity index (χ2v) is 9.67. The van der Waals surface area contributed by atoms with Crippen LogP contribution < -0.4 is 0 Å². The number of benzene rings is 1. The van der Waals surface area contributed by atoms with E-state index in [1.165, 1.54) is 31.2 Å². The quantitative estimate of drug-likeness (QED) is 0.616. The van der Waals surface area contributed by atoms with Crippen LogP contribution in [0.4, 0.5) is 0 Å². The maximum absolute atomic E-state index is 2.67. The van der Waals surface area contributed by atoms with Gasteiger partial charge in [0.05, 0.1) is 0 Å². The van der Waals surface area contributed by atoms with Crippen molar-refractivity contribution in [2.75, 3.05) is 0 Å². The highest BCUT2D eigenvalue weighted by molar-refractivity contribution is 5.69. The fourth-order valence-electron chi connectivity index (χ4n) is 7.77. The molecule has 0 aliphatic heterocycles. The molecule has 0 amide bonds. The number of allylic oxidation sites excluding steroid dienone is 4. The van der Waals surface area contributed by atoms with Crippen LogP contribution >= 0.6 is 0 Å². The fourth-order valence-corrected chi connectivity index (χ4v) is 7.77. The number of fused-ring (bicyclic) bond motifs is 2. The molecule has 1 aromatic rings. The Morgan fingerprint density at radius 3 is 2.04 bits per heavy atom. The molecule has 0 nitrogen and oxygen atoms in total. The van der Waals surface area contributed by atoms with Crippen LogP contribution in [0, 0.1) is 35.0 Å². The van der Waals surface area contributed by atoms with Gasteiger partial charge in [-0.1, -0.05) is 50.3 Å². The highest BCUT2D eigenvalue weighted by Crippen LogP contribution is 2.71. The summed E-state index contributed by atoms with van der Waals surface area (Å²) < 4.78 is 0. The second kappa shape index (κ2) is 4.45. The molecule has 0 aromatic heterocycles. The van der Waals surface area contributed by atoms with E-state index >= 15 is 0 Å². The predicted octanol–water partition coefficient (Wildman–Crippen LogP) is 6.12. The van der Waals surface area contributed by atoms with Gasteiger partial charge in [0.25, 0.3) is 0 Å². The van der Waals surface area contributed by atoms with E-state index in [9.17, 15) is 0 Å². The minimum absolute atomic E-state index is 0.505. The molecular formula is C24H28. The standard InChI is InChI=1S/C24H28/c1-14-8-20-22(17-6-4-3-5-7-17)21(14)23(20)24(2)18-10-15-9-16(12-18)13-19(24)11-15/h3-8,14-16,18-19,22H,9-13H2,1-2H3. The molecule has 0 radical (unpaired) electrons. The summed E-state index contributed by atoms with van der Waals surface area (Å²) in [7, 11) is 0. The molecular weight excluding hydrogens is 288 g/mol. The minimum Gasteiger partial charge on any atom is -0.0731 e. The van der Waals surface area contributed by atoms with E-state index in [-0.39, 0.29) is 0 Å². The molecule has 2 unspecified atom stereocenters. The molecule has 1 aromatic carbocycles. The Morgan fingerprint density at radius 2 is 1.50 bits per heavy atom. The molecule has 124 valence electrons. The van der Waals surface area contributed by atoms with Crippen molar-refractivity contribution < 1.29 is 0 Å². The Morgan fingerprint density at radius 1 is 0.875 bits per heavy atom. The monoisotopic (exact) mass is 316 g/mol. The van der Waals surface area contributed by atoms with Crippen molar-refractivity contribution in [3.05, 3.63) is 58.7 Å². The average molecular weight is 316 g/mol. The van der Waals surface area contributed by atoms with Gasteiger partial charge in [0.15, 0.2) is 0 Å². The van der Waals surface area contributed by atoms with Crippen LogP contribution in [0.15, 0.2) is 53.1 Å². The molecule has 7 aliphatic carbocycles. The molecule has 8 rings (SSSR count). The molecule has 0 N–H and O–H groups in total. The van der Waals surface area contributed by atoms with Crippen LogP contribution in [0.2, 0.25) is 0 Å². The van der Waals surface area contributed by atoms with Gasteiger partial charge in [-0.3, -0.25) is 0 Å². The summed E-state index contributed by atoms with van der Waals surface area (Å²) in [4.78, 5) is 0. The summed E-state index contributed by atoms with van der Waals surface area (Å²) in [5.41, 5.74) is 7.40. The number of rotatable bonds is 2. The first-order chi connectivity index (χ1) is 11.7. The normalized spacial score (nSPS) is 47.8. The van der Waals surface area contributed by atoms with Crippen molar-refractivity contribution in [3.63, 3.8) is 0 Å². The zero-order chi connectivity index (χ0) is 16.1. The smallest absolute Gasteiger partial charge is 0.0310 e. The SMILES string of the molecule is CC1C=C2C(C3(C)C4CC5CC(C4)CC3C5)=C1C2c1ccccc1. The fraction of sp³-hybridized carbons (Fsp3) is 0.583. The van der Waals surface area contributed by atoms with Gasteiger partial charge in [0.2, 0.25) is 0 Å². The maximum atomic E-state index is 2.67. The molecule has 4 saturated carbocycles. The van der Waals surface area contributed by atoms with Crippen LogP contribution in [0.3, 0.4) is 0 Å². The lowest BCUT2D eigenvalue weighted by Crippen LogP contribution is -2.54. The van der Waals surface area contributed by atoms with E-state index in [1.54, 1.807) is 17.6 Å². The summed E-state index contributed by atoms with van der Waals surface area (Å²) in [6.07, 6.45) is 10.3. The molecule has 7 aliphatic rings. The van der Waals surface area contributed by atoms with Crippen LogP contribution in [0.25, 0.3) is 0 Å². The summed E-state index contributed by atoms with van der Waals surface area (Å²) in [5, 5.41) is 0. The first-order valence-corrected chi connectivity index (χ1v) is 10.2. The molecule has 24 heavy (non-hydrogen) atoms. The third kappa shape index (κ3) is 1.52. The molecule has 0 saturated heterocycles. The van der Waals surface area contributed by atoms with E-state index in [2.05, 4.69) is 50.3 Å². The van der Waals surface area contributed by atoms with E-state index in [0.717, 1.165) is 23.7 Å². The second-order valence-electron chi connectivity index (χ2n) is 9.67. The van der Waals surface area contributed by atoms with Gasteiger partial charge < -0.3 is 0 Å². The zero-order valence-electron chi connectivity index (χ0n) is 15.0. The molecule has 0 heterocycles. The van der Waals surface area contributed by atoms with Gasteiger partial charge in [0.1, 0.15) is 0 Å². The van der Waals surface area contributed by atoms with Crippen LogP contribution in [0.5, 0.6) is 0 Å². The van der Waals surface area contributed by atoms with Crippen molar-refractivity contribution in [3.8, 4) is 0 Å². The average Bonchev–Trinajstić information content (AvgIpc) is 3.08. The van der Waals surface area contributed by atoms with Crippen molar-refractivity contribution in [1.29, 1.82) is 0 Å². The Labute approximate surface area is 146 Å². The molecule has 2 atom stereocenters. The molecule has 6 bridgehead atoms. The van der Waals surface area contributed by atoms with Crippen molar-refractivity contribution in [2.45, 2.75) is 51.9 Å². The van der Waals surface area contributed by atoms with Gasteiger partial charge in [-0.2, -0.15) is 0 Å². The maximum Gasteiger partial charge on any atom is 0.0310 e. The predicted molar refractivity (Wildman–Crippen MR) is 98.6 cm³/mol. The van der Waals surface area contributed by atoms with Crippen molar-refractivity contribution in [1.82, 2.24) is 0 Å². The number of hydrogen-bond donors (Lipinski definition) is 0. The first kappa shape index (κ1) is 13.9. The Balaban J connectivity index is 1.45.